The molecule has 8 heteroatoms. The van der Waals surface area contributed by atoms with Crippen molar-refractivity contribution >= 4 is 11.6 Å². The van der Waals surface area contributed by atoms with Crippen LogP contribution in [-0.2, 0) is 12.4 Å². The lowest BCUT2D eigenvalue weighted by Gasteiger charge is -2.17. The summed E-state index contributed by atoms with van der Waals surface area (Å²) in [5.74, 6) is -0.466. The topological polar surface area (TPSA) is 9.23 Å². The van der Waals surface area contributed by atoms with Crippen molar-refractivity contribution in [3.05, 3.63) is 28.3 Å². The highest BCUT2D eigenvalue weighted by molar-refractivity contribution is 6.32. The molecule has 0 aliphatic rings. The van der Waals surface area contributed by atoms with Gasteiger partial charge in [-0.3, -0.25) is 0 Å². The molecule has 0 aliphatic carbocycles. The number of halogens is 7. The third-order valence-electron chi connectivity index (χ3n) is 1.90. The number of benzene rings is 1. The number of hydrogen-bond donors (Lipinski definition) is 0. The maximum atomic E-state index is 12.4. The maximum absolute atomic E-state index is 12.4. The van der Waals surface area contributed by atoms with Crippen LogP contribution in [0.3, 0.4) is 0 Å². The Morgan fingerprint density at radius 1 is 0.941 bits per heavy atom. The molecular formula is C9H5ClF6O. The van der Waals surface area contributed by atoms with Gasteiger partial charge in [-0.2, -0.15) is 26.3 Å². The van der Waals surface area contributed by atoms with Crippen LogP contribution in [0.25, 0.3) is 0 Å². The number of ether oxygens (including phenoxy) is 1. The Morgan fingerprint density at radius 2 is 1.35 bits per heavy atom. The molecule has 0 unspecified atom stereocenters. The Labute approximate surface area is 96.9 Å². The fraction of sp³-hybridized carbons (Fsp3) is 0.333. The molecule has 96 valence electrons. The van der Waals surface area contributed by atoms with Gasteiger partial charge in [0.15, 0.2) is 0 Å². The summed E-state index contributed by atoms with van der Waals surface area (Å²) in [6.07, 6.45) is -10.3. The van der Waals surface area contributed by atoms with Crippen LogP contribution < -0.4 is 4.74 Å². The Hall–Kier alpha value is -1.11. The fourth-order valence-corrected chi connectivity index (χ4v) is 1.42. The quantitative estimate of drug-likeness (QED) is 0.693. The van der Waals surface area contributed by atoms with Crippen molar-refractivity contribution in [3.63, 3.8) is 0 Å². The third-order valence-corrected chi connectivity index (χ3v) is 2.20. The second-order valence-corrected chi connectivity index (χ2v) is 3.44. The number of rotatable bonds is 1. The van der Waals surface area contributed by atoms with E-state index in [4.69, 9.17) is 11.6 Å². The largest absolute Gasteiger partial charge is 0.495 e. The fourth-order valence-electron chi connectivity index (χ4n) is 1.18. The summed E-state index contributed by atoms with van der Waals surface area (Å²) >= 11 is 5.37. The first kappa shape index (κ1) is 14.0. The van der Waals surface area contributed by atoms with E-state index in [9.17, 15) is 26.3 Å². The Kier molecular flexibility index (Phi) is 3.52. The van der Waals surface area contributed by atoms with Gasteiger partial charge < -0.3 is 4.74 Å². The molecular weight excluding hydrogens is 274 g/mol. The van der Waals surface area contributed by atoms with Crippen LogP contribution in [0.1, 0.15) is 11.1 Å². The van der Waals surface area contributed by atoms with E-state index in [1.165, 1.54) is 0 Å². The van der Waals surface area contributed by atoms with E-state index in [2.05, 4.69) is 4.74 Å². The van der Waals surface area contributed by atoms with Crippen LogP contribution >= 0.6 is 11.6 Å². The summed E-state index contributed by atoms with van der Waals surface area (Å²) in [6, 6.07) is 0.425. The molecule has 0 saturated heterocycles. The van der Waals surface area contributed by atoms with E-state index in [0.29, 0.717) is 0 Å². The van der Waals surface area contributed by atoms with Crippen LogP contribution in [0, 0.1) is 0 Å². The maximum Gasteiger partial charge on any atom is 0.417 e. The highest BCUT2D eigenvalue weighted by Crippen LogP contribution is 2.44. The molecule has 0 amide bonds. The molecule has 1 aromatic carbocycles. The van der Waals surface area contributed by atoms with Gasteiger partial charge in [-0.15, -0.1) is 0 Å². The monoisotopic (exact) mass is 278 g/mol. The zero-order chi connectivity index (χ0) is 13.4. The van der Waals surface area contributed by atoms with Crippen LogP contribution in [0.4, 0.5) is 26.3 Å². The van der Waals surface area contributed by atoms with Crippen molar-refractivity contribution in [2.24, 2.45) is 0 Å². The average molecular weight is 279 g/mol. The minimum atomic E-state index is -5.14. The molecule has 0 heterocycles. The molecule has 0 spiro atoms. The molecule has 17 heavy (non-hydrogen) atoms. The summed E-state index contributed by atoms with van der Waals surface area (Å²) in [5, 5.41) is -0.534. The smallest absolute Gasteiger partial charge is 0.417 e. The van der Waals surface area contributed by atoms with Gasteiger partial charge in [-0.25, -0.2) is 0 Å². The summed E-state index contributed by atoms with van der Waals surface area (Å²) in [4.78, 5) is 0. The van der Waals surface area contributed by atoms with Gasteiger partial charge >= 0.3 is 12.4 Å². The van der Waals surface area contributed by atoms with E-state index in [0.717, 1.165) is 7.11 Å². The standard InChI is InChI=1S/C9H5ClF6O/c1-17-7-3-5(9(14,15)16)4(2-6(7)10)8(11,12)13/h2-3H,1H3. The predicted octanol–water partition coefficient (Wildman–Crippen LogP) is 4.39. The number of methoxy groups -OCH3 is 1. The van der Waals surface area contributed by atoms with Crippen LogP contribution in [-0.4, -0.2) is 7.11 Å². The summed E-state index contributed by atoms with van der Waals surface area (Å²) in [7, 11) is 1.01. The first-order valence-electron chi connectivity index (χ1n) is 4.09. The SMILES string of the molecule is COc1cc(C(F)(F)F)c(C(F)(F)F)cc1Cl. The molecule has 1 rings (SSSR count). The van der Waals surface area contributed by atoms with Crippen molar-refractivity contribution in [1.82, 2.24) is 0 Å². The normalized spacial score (nSPS) is 12.7. The second kappa shape index (κ2) is 4.29. The number of hydrogen-bond acceptors (Lipinski definition) is 1. The van der Waals surface area contributed by atoms with Gasteiger partial charge in [0, 0.05) is 0 Å². The Morgan fingerprint density at radius 3 is 1.71 bits per heavy atom. The first-order chi connectivity index (χ1) is 7.57. The van der Waals surface area contributed by atoms with Gasteiger partial charge in [0.2, 0.25) is 0 Å². The first-order valence-corrected chi connectivity index (χ1v) is 4.47. The molecule has 0 radical (unpaired) electrons. The molecule has 0 N–H and O–H groups in total. The van der Waals surface area contributed by atoms with Crippen LogP contribution in [0.15, 0.2) is 12.1 Å². The Balaban J connectivity index is 3.54. The number of alkyl halides is 6. The molecule has 0 saturated carbocycles. The van der Waals surface area contributed by atoms with Crippen molar-refractivity contribution in [3.8, 4) is 5.75 Å². The van der Waals surface area contributed by atoms with Gasteiger partial charge in [-0.05, 0) is 12.1 Å². The van der Waals surface area contributed by atoms with E-state index in [-0.39, 0.29) is 12.1 Å². The summed E-state index contributed by atoms with van der Waals surface area (Å²) in [6.45, 7) is 0. The van der Waals surface area contributed by atoms with Gasteiger partial charge in [-0.1, -0.05) is 11.6 Å². The predicted molar refractivity (Wildman–Crippen MR) is 48.0 cm³/mol. The molecule has 0 aromatic heterocycles. The average Bonchev–Trinajstić information content (AvgIpc) is 2.14. The molecule has 1 nitrogen and oxygen atoms in total. The third kappa shape index (κ3) is 2.96. The van der Waals surface area contributed by atoms with Crippen LogP contribution in [0.2, 0.25) is 5.02 Å². The summed E-state index contributed by atoms with van der Waals surface area (Å²) < 4.78 is 78.9. The van der Waals surface area contributed by atoms with Gasteiger partial charge in [0.05, 0.1) is 23.3 Å². The molecule has 0 fully saturated rings. The van der Waals surface area contributed by atoms with Crippen molar-refractivity contribution in [2.45, 2.75) is 12.4 Å². The van der Waals surface area contributed by atoms with E-state index in [1.54, 1.807) is 0 Å². The van der Waals surface area contributed by atoms with Gasteiger partial charge in [0.25, 0.3) is 0 Å². The minimum Gasteiger partial charge on any atom is -0.495 e. The molecule has 0 aliphatic heterocycles. The zero-order valence-corrected chi connectivity index (χ0v) is 8.96. The Bertz CT molecular complexity index is 423. The lowest BCUT2D eigenvalue weighted by atomic mass is 10.1. The summed E-state index contributed by atoms with van der Waals surface area (Å²) in [5.41, 5.74) is -3.66. The highest BCUT2D eigenvalue weighted by atomic mass is 35.5. The van der Waals surface area contributed by atoms with Gasteiger partial charge in [0.1, 0.15) is 5.75 Å². The van der Waals surface area contributed by atoms with Crippen molar-refractivity contribution in [2.75, 3.05) is 7.11 Å². The molecule has 0 bridgehead atoms. The van der Waals surface area contributed by atoms with Crippen molar-refractivity contribution < 1.29 is 31.1 Å². The highest BCUT2D eigenvalue weighted by Gasteiger charge is 2.43. The minimum absolute atomic E-state index is 0.198. The lowest BCUT2D eigenvalue weighted by molar-refractivity contribution is -0.162. The second-order valence-electron chi connectivity index (χ2n) is 3.03. The zero-order valence-electron chi connectivity index (χ0n) is 8.21. The molecule has 1 aromatic rings. The van der Waals surface area contributed by atoms with Crippen molar-refractivity contribution in [1.29, 1.82) is 0 Å². The van der Waals surface area contributed by atoms with Crippen LogP contribution in [0.5, 0.6) is 5.75 Å². The van der Waals surface area contributed by atoms with E-state index < -0.39 is 34.3 Å². The van der Waals surface area contributed by atoms with E-state index >= 15 is 0 Å². The molecule has 0 atom stereocenters. The van der Waals surface area contributed by atoms with E-state index in [1.807, 2.05) is 0 Å². The lowest BCUT2D eigenvalue weighted by Crippen LogP contribution is -2.16.